The van der Waals surface area contributed by atoms with Gasteiger partial charge in [0.1, 0.15) is 30.2 Å². The highest BCUT2D eigenvalue weighted by atomic mass is 32.1. The highest BCUT2D eigenvalue weighted by Gasteiger charge is 2.49. The van der Waals surface area contributed by atoms with E-state index in [4.69, 9.17) is 15.2 Å². The number of thiazole rings is 1. The zero-order valence-corrected chi connectivity index (χ0v) is 26.4. The number of benzene rings is 2. The van der Waals surface area contributed by atoms with Crippen molar-refractivity contribution in [2.24, 2.45) is 5.92 Å². The molecule has 0 aliphatic carbocycles. The average Bonchev–Trinajstić information content (AvgIpc) is 3.78. The number of nitrogens with two attached hydrogens (primary N) is 1. The molecule has 0 saturated carbocycles. The van der Waals surface area contributed by atoms with Crippen LogP contribution in [0, 0.1) is 17.6 Å². The Balaban J connectivity index is 1.39. The smallest absolute Gasteiger partial charge is 0.417 e. The molecule has 48 heavy (non-hydrogen) atoms. The summed E-state index contributed by atoms with van der Waals surface area (Å²) < 4.78 is 102. The van der Waals surface area contributed by atoms with Crippen molar-refractivity contribution in [2.45, 2.75) is 50.2 Å². The summed E-state index contributed by atoms with van der Waals surface area (Å²) in [5, 5.41) is -0.504. The highest BCUT2D eigenvalue weighted by molar-refractivity contribution is 7.22. The van der Waals surface area contributed by atoms with Crippen LogP contribution >= 0.6 is 11.3 Å². The van der Waals surface area contributed by atoms with Gasteiger partial charge >= 0.3 is 12.2 Å². The van der Waals surface area contributed by atoms with Gasteiger partial charge in [-0.15, -0.1) is 0 Å². The lowest BCUT2D eigenvalue weighted by Crippen LogP contribution is -2.43. The van der Waals surface area contributed by atoms with Crippen molar-refractivity contribution in [3.05, 3.63) is 48.1 Å². The second kappa shape index (κ2) is 11.8. The number of likely N-dealkylation sites (tertiary alicyclic amines) is 1. The number of carbonyl (C=O) groups is 1. The lowest BCUT2D eigenvalue weighted by Gasteiger charge is -2.30. The molecule has 5 heterocycles. The summed E-state index contributed by atoms with van der Waals surface area (Å²) in [6, 6.07) is 2.25. The minimum absolute atomic E-state index is 0.0361. The van der Waals surface area contributed by atoms with E-state index in [2.05, 4.69) is 21.5 Å². The fourth-order valence-electron chi connectivity index (χ4n) is 7.21. The Bertz CT molecular complexity index is 1960. The van der Waals surface area contributed by atoms with Gasteiger partial charge in [-0.05, 0) is 43.7 Å². The van der Waals surface area contributed by atoms with Gasteiger partial charge in [0.25, 0.3) is 0 Å². The van der Waals surface area contributed by atoms with Crippen LogP contribution in [0.4, 0.5) is 31.5 Å². The predicted octanol–water partition coefficient (Wildman–Crippen LogP) is 6.15. The van der Waals surface area contributed by atoms with Gasteiger partial charge in [-0.3, -0.25) is 9.69 Å². The molecule has 2 aromatic carbocycles. The van der Waals surface area contributed by atoms with E-state index in [0.29, 0.717) is 19.0 Å². The quantitative estimate of drug-likeness (QED) is 0.182. The van der Waals surface area contributed by atoms with Gasteiger partial charge < -0.3 is 20.1 Å². The molecule has 4 aromatic rings. The van der Waals surface area contributed by atoms with Crippen LogP contribution in [0.5, 0.6) is 11.9 Å². The molecule has 254 valence electrons. The van der Waals surface area contributed by atoms with Crippen molar-refractivity contribution in [1.29, 1.82) is 0 Å². The lowest BCUT2D eigenvalue weighted by atomic mass is 9.95. The number of fused-ring (bicyclic) bond motifs is 3. The highest BCUT2D eigenvalue weighted by Crippen LogP contribution is 2.46. The van der Waals surface area contributed by atoms with Crippen LogP contribution in [-0.4, -0.2) is 81.3 Å². The van der Waals surface area contributed by atoms with Crippen LogP contribution in [0.1, 0.15) is 31.7 Å². The molecule has 3 aliphatic rings. The molecule has 3 fully saturated rings. The Morgan fingerprint density at radius 2 is 1.98 bits per heavy atom. The van der Waals surface area contributed by atoms with Gasteiger partial charge in [-0.2, -0.15) is 23.1 Å². The molecule has 16 heteroatoms. The Morgan fingerprint density at radius 3 is 2.73 bits per heavy atom. The largest absolute Gasteiger partial charge is 0.472 e. The van der Waals surface area contributed by atoms with Gasteiger partial charge in [0.15, 0.2) is 10.9 Å². The normalized spacial score (nSPS) is 24.5. The fourth-order valence-corrected chi connectivity index (χ4v) is 7.97. The zero-order chi connectivity index (χ0) is 34.1. The fraction of sp³-hybridized carbons (Fsp3) is 0.438. The van der Waals surface area contributed by atoms with E-state index in [0.717, 1.165) is 36.0 Å². The van der Waals surface area contributed by atoms with Crippen LogP contribution in [0.25, 0.3) is 32.2 Å². The summed E-state index contributed by atoms with van der Waals surface area (Å²) in [7, 11) is 0. The number of hydrogen-bond donors (Lipinski definition) is 1. The molecule has 4 atom stereocenters. The summed E-state index contributed by atoms with van der Waals surface area (Å²) in [4.78, 5) is 28.3. The number of rotatable bonds is 7. The maximum Gasteiger partial charge on any atom is 0.417 e. The zero-order valence-electron chi connectivity index (χ0n) is 25.6. The topological polar surface area (TPSA) is 107 Å². The molecule has 0 radical (unpaired) electrons. The lowest BCUT2D eigenvalue weighted by molar-refractivity contribution is -0.137. The number of carbonyl (C=O) groups excluding carboxylic acids is 1. The number of amides is 1. The monoisotopic (exact) mass is 692 g/mol. The van der Waals surface area contributed by atoms with Crippen LogP contribution in [0.2, 0.25) is 0 Å². The van der Waals surface area contributed by atoms with Crippen LogP contribution in [0.3, 0.4) is 0 Å². The third-order valence-corrected chi connectivity index (χ3v) is 10.4. The van der Waals surface area contributed by atoms with Gasteiger partial charge in [-0.25, -0.2) is 18.2 Å². The Hall–Kier alpha value is -4.18. The van der Waals surface area contributed by atoms with E-state index in [9.17, 15) is 26.7 Å². The second-order valence-electron chi connectivity index (χ2n) is 12.6. The molecular weight excluding hydrogens is 662 g/mol. The van der Waals surface area contributed by atoms with Gasteiger partial charge in [0.05, 0.1) is 33.2 Å². The third kappa shape index (κ3) is 5.47. The van der Waals surface area contributed by atoms with E-state index in [1.54, 1.807) is 6.92 Å². The van der Waals surface area contributed by atoms with Crippen molar-refractivity contribution >= 4 is 43.5 Å². The van der Waals surface area contributed by atoms with Crippen molar-refractivity contribution in [3.8, 4) is 23.0 Å². The molecule has 3 aliphatic heterocycles. The minimum atomic E-state index is -5.09. The van der Waals surface area contributed by atoms with Crippen LogP contribution < -0.4 is 15.2 Å². The second-order valence-corrected chi connectivity index (χ2v) is 13.6. The Kier molecular flexibility index (Phi) is 7.93. The molecule has 2 aromatic heterocycles. The summed E-state index contributed by atoms with van der Waals surface area (Å²) in [5.74, 6) is -3.17. The number of halogens is 6. The van der Waals surface area contributed by atoms with Gasteiger partial charge in [0.2, 0.25) is 11.8 Å². The molecule has 9 nitrogen and oxygen atoms in total. The Labute approximate surface area is 274 Å². The van der Waals surface area contributed by atoms with Crippen LogP contribution in [0.15, 0.2) is 30.9 Å². The number of nitrogen functional groups attached to an aromatic ring is 1. The number of alkyl halides is 4. The van der Waals surface area contributed by atoms with E-state index < -0.39 is 57.7 Å². The van der Waals surface area contributed by atoms with E-state index in [1.807, 2.05) is 4.90 Å². The summed E-state index contributed by atoms with van der Waals surface area (Å²) in [5.41, 5.74) is 1.73. The van der Waals surface area contributed by atoms with E-state index in [-0.39, 0.29) is 77.3 Å². The van der Waals surface area contributed by atoms with Crippen molar-refractivity contribution < 1.29 is 40.6 Å². The molecule has 2 N–H and O–H groups in total. The number of nitrogens with zero attached hydrogens (tertiary/aromatic N) is 5. The van der Waals surface area contributed by atoms with E-state index >= 15 is 4.39 Å². The Morgan fingerprint density at radius 1 is 1.19 bits per heavy atom. The number of ether oxygens (including phenoxy) is 2. The minimum Gasteiger partial charge on any atom is -0.472 e. The van der Waals surface area contributed by atoms with E-state index in [1.165, 1.54) is 4.90 Å². The average molecular weight is 693 g/mol. The van der Waals surface area contributed by atoms with Crippen molar-refractivity contribution in [1.82, 2.24) is 24.8 Å². The molecule has 1 unspecified atom stereocenters. The van der Waals surface area contributed by atoms with Gasteiger partial charge in [0, 0.05) is 36.6 Å². The molecule has 3 saturated heterocycles. The van der Waals surface area contributed by atoms with Gasteiger partial charge in [-0.1, -0.05) is 24.8 Å². The summed E-state index contributed by atoms with van der Waals surface area (Å²) >= 11 is 0.720. The predicted molar refractivity (Wildman–Crippen MR) is 166 cm³/mol. The summed E-state index contributed by atoms with van der Waals surface area (Å²) in [6.45, 7) is 6.55. The van der Waals surface area contributed by atoms with Crippen LogP contribution in [-0.2, 0) is 11.0 Å². The molecule has 1 amide bonds. The first kappa shape index (κ1) is 32.4. The maximum atomic E-state index is 16.8. The number of hydrogen-bond acceptors (Lipinski definition) is 9. The summed E-state index contributed by atoms with van der Waals surface area (Å²) in [6.07, 6.45) is -4.02. The first-order valence-electron chi connectivity index (χ1n) is 15.3. The molecule has 7 rings (SSSR count). The number of anilines is 1. The third-order valence-electron chi connectivity index (χ3n) is 9.49. The standard InChI is InChI=1S/C32H30F6N6O3S/c1-3-22(45)43-11-15(2)21(13-43)47-28-18-9-19(32(36,37)38)23(17-5-6-20(34)27-26(17)40-29(39)48-27)24(35)25(18)41-30(42-28)46-14-31-7-4-8-44(31)12-16(33)10-31/h3,5-6,9,15-16,21H,1,4,7-8,10-14H2,2H3,(H2,39,40)/t15-,16+,21?,31-/m0/s1. The first-order valence-corrected chi connectivity index (χ1v) is 16.2. The molecular formula is C32H30F6N6O3S. The SMILES string of the molecule is C=CC(=O)N1CC(Oc2nc(OC[C@@]34CCCN3C[C@H](F)C4)nc3c(F)c(-c4ccc(F)c5sc(N)nc45)c(C(F)(F)F)cc23)[C@@H](C)C1. The van der Waals surface area contributed by atoms with Crippen molar-refractivity contribution in [3.63, 3.8) is 0 Å². The first-order chi connectivity index (χ1) is 22.8. The van der Waals surface area contributed by atoms with Crippen molar-refractivity contribution in [2.75, 3.05) is 38.5 Å². The number of aromatic nitrogens is 3. The molecule has 0 spiro atoms. The molecule has 0 bridgehead atoms. The maximum absolute atomic E-state index is 16.8.